The molecular weight excluding hydrogens is 418 g/mol. The quantitative estimate of drug-likeness (QED) is 0.508. The van der Waals surface area contributed by atoms with E-state index in [9.17, 15) is 9.59 Å². The summed E-state index contributed by atoms with van der Waals surface area (Å²) < 4.78 is 6.17. The highest BCUT2D eigenvalue weighted by Gasteiger charge is 2.32. The summed E-state index contributed by atoms with van der Waals surface area (Å²) in [6.07, 6.45) is 1.59. The third-order valence-corrected chi connectivity index (χ3v) is 5.53. The van der Waals surface area contributed by atoms with E-state index in [0.717, 1.165) is 11.1 Å². The van der Waals surface area contributed by atoms with Crippen molar-refractivity contribution in [2.75, 3.05) is 6.54 Å². The molecule has 3 rings (SSSR count). The minimum absolute atomic E-state index is 0.0710. The minimum atomic E-state index is -0.969. The molecule has 1 aliphatic rings. The number of benzene rings is 2. The first kappa shape index (κ1) is 20.4. The number of halogens is 1. The second-order valence-electron chi connectivity index (χ2n) is 5.96. The van der Waals surface area contributed by atoms with Crippen LogP contribution < -0.4 is 4.74 Å². The Hall–Kier alpha value is -2.35. The van der Waals surface area contributed by atoms with Gasteiger partial charge in [-0.05, 0) is 41.5 Å². The zero-order valence-corrected chi connectivity index (χ0v) is 17.0. The lowest BCUT2D eigenvalue weighted by Gasteiger charge is -2.12. The van der Waals surface area contributed by atoms with Gasteiger partial charge in [0.2, 0.25) is 0 Å². The van der Waals surface area contributed by atoms with Crippen LogP contribution in [0, 0.1) is 0 Å². The summed E-state index contributed by atoms with van der Waals surface area (Å²) >= 11 is 12.2. The molecule has 0 saturated carbocycles. The molecule has 28 heavy (non-hydrogen) atoms. The van der Waals surface area contributed by atoms with E-state index in [1.54, 1.807) is 6.08 Å². The summed E-state index contributed by atoms with van der Waals surface area (Å²) in [6.45, 7) is 0.472. The van der Waals surface area contributed by atoms with Gasteiger partial charge in [-0.15, -0.1) is 0 Å². The predicted octanol–water partition coefficient (Wildman–Crippen LogP) is 4.59. The molecule has 2 aromatic rings. The van der Waals surface area contributed by atoms with Gasteiger partial charge in [-0.3, -0.25) is 14.5 Å². The number of rotatable bonds is 7. The Bertz CT molecular complexity index is 943. The van der Waals surface area contributed by atoms with Crippen LogP contribution in [0.3, 0.4) is 0 Å². The maximum Gasteiger partial charge on any atom is 0.305 e. The number of nitrogens with zero attached hydrogens (tertiary/aromatic N) is 1. The van der Waals surface area contributed by atoms with E-state index < -0.39 is 5.97 Å². The summed E-state index contributed by atoms with van der Waals surface area (Å²) in [4.78, 5) is 25.0. The van der Waals surface area contributed by atoms with Gasteiger partial charge in [0.05, 0.1) is 11.3 Å². The smallest absolute Gasteiger partial charge is 0.305 e. The molecule has 1 N–H and O–H groups in total. The van der Waals surface area contributed by atoms with Crippen LogP contribution in [0.5, 0.6) is 5.75 Å². The lowest BCUT2D eigenvalue weighted by molar-refractivity contribution is -0.137. The molecule has 2 aromatic carbocycles. The number of amides is 1. The zero-order valence-electron chi connectivity index (χ0n) is 14.6. The summed E-state index contributed by atoms with van der Waals surface area (Å²) in [7, 11) is 0. The van der Waals surface area contributed by atoms with Crippen LogP contribution in [-0.4, -0.2) is 32.7 Å². The van der Waals surface area contributed by atoms with Crippen LogP contribution in [0.15, 0.2) is 53.4 Å². The molecular formula is C20H16ClNO4S2. The van der Waals surface area contributed by atoms with Gasteiger partial charge in [0.25, 0.3) is 5.91 Å². The van der Waals surface area contributed by atoms with E-state index in [2.05, 4.69) is 0 Å². The standard InChI is InChI=1S/C20H16ClNO4S2/c21-15-6-4-13(5-7-15)12-26-16-3-1-2-14(10-16)11-17-19(25)22(20(27)28-17)9-8-18(23)24/h1-7,10-11H,8-9,12H2,(H,23,24)/b17-11-. The Kier molecular flexibility index (Phi) is 6.72. The van der Waals surface area contributed by atoms with Crippen molar-refractivity contribution in [2.45, 2.75) is 13.0 Å². The normalized spacial score (nSPS) is 15.3. The number of hydrogen-bond acceptors (Lipinski definition) is 5. The molecule has 5 nitrogen and oxygen atoms in total. The summed E-state index contributed by atoms with van der Waals surface area (Å²) in [6, 6.07) is 14.8. The zero-order chi connectivity index (χ0) is 20.1. The van der Waals surface area contributed by atoms with E-state index in [4.69, 9.17) is 33.7 Å². The molecule has 8 heteroatoms. The Morgan fingerprint density at radius 3 is 2.71 bits per heavy atom. The maximum absolute atomic E-state index is 12.5. The second-order valence-corrected chi connectivity index (χ2v) is 8.08. The van der Waals surface area contributed by atoms with E-state index in [1.807, 2.05) is 48.5 Å². The molecule has 0 aromatic heterocycles. The molecule has 0 atom stereocenters. The number of carboxylic acid groups (broad SMARTS) is 1. The molecule has 1 saturated heterocycles. The summed E-state index contributed by atoms with van der Waals surface area (Å²) in [5, 5.41) is 9.47. The lowest BCUT2D eigenvalue weighted by atomic mass is 10.2. The summed E-state index contributed by atoms with van der Waals surface area (Å²) in [5.74, 6) is -0.572. The number of carboxylic acids is 1. The monoisotopic (exact) mass is 433 g/mol. The maximum atomic E-state index is 12.5. The average Bonchev–Trinajstić information content (AvgIpc) is 2.93. The largest absolute Gasteiger partial charge is 0.489 e. The molecule has 0 bridgehead atoms. The first-order valence-corrected chi connectivity index (χ1v) is 9.97. The molecule has 0 unspecified atom stereocenters. The first-order chi connectivity index (χ1) is 13.4. The second kappa shape index (κ2) is 9.23. The van der Waals surface area contributed by atoms with Gasteiger partial charge in [0.15, 0.2) is 0 Å². The fraction of sp³-hybridized carbons (Fsp3) is 0.150. The van der Waals surface area contributed by atoms with Gasteiger partial charge in [-0.25, -0.2) is 0 Å². The van der Waals surface area contributed by atoms with E-state index in [0.29, 0.717) is 26.6 Å². The topological polar surface area (TPSA) is 66.8 Å². The Morgan fingerprint density at radius 2 is 2.00 bits per heavy atom. The van der Waals surface area contributed by atoms with E-state index in [-0.39, 0.29) is 18.9 Å². The first-order valence-electron chi connectivity index (χ1n) is 8.37. The van der Waals surface area contributed by atoms with Crippen LogP contribution in [0.2, 0.25) is 5.02 Å². The van der Waals surface area contributed by atoms with Crippen molar-refractivity contribution in [3.05, 3.63) is 69.6 Å². The van der Waals surface area contributed by atoms with Crippen molar-refractivity contribution >= 4 is 57.9 Å². The predicted molar refractivity (Wildman–Crippen MR) is 114 cm³/mol. The summed E-state index contributed by atoms with van der Waals surface area (Å²) in [5.41, 5.74) is 1.79. The van der Waals surface area contributed by atoms with Crippen LogP contribution >= 0.6 is 35.6 Å². The molecule has 144 valence electrons. The van der Waals surface area contributed by atoms with Gasteiger partial charge in [0.1, 0.15) is 16.7 Å². The molecule has 1 fully saturated rings. The molecule has 0 aliphatic carbocycles. The minimum Gasteiger partial charge on any atom is -0.489 e. The van der Waals surface area contributed by atoms with Crippen molar-refractivity contribution in [3.8, 4) is 5.75 Å². The van der Waals surface area contributed by atoms with E-state index >= 15 is 0 Å². The number of thiocarbonyl (C=S) groups is 1. The lowest BCUT2D eigenvalue weighted by Crippen LogP contribution is -2.30. The van der Waals surface area contributed by atoms with Crippen molar-refractivity contribution in [1.29, 1.82) is 0 Å². The van der Waals surface area contributed by atoms with Crippen molar-refractivity contribution < 1.29 is 19.4 Å². The van der Waals surface area contributed by atoms with Gasteiger partial charge < -0.3 is 9.84 Å². The van der Waals surface area contributed by atoms with Crippen LogP contribution in [0.1, 0.15) is 17.5 Å². The van der Waals surface area contributed by atoms with Gasteiger partial charge in [-0.2, -0.15) is 0 Å². The fourth-order valence-corrected chi connectivity index (χ4v) is 3.93. The van der Waals surface area contributed by atoms with E-state index in [1.165, 1.54) is 16.7 Å². The number of hydrogen-bond donors (Lipinski definition) is 1. The van der Waals surface area contributed by atoms with Gasteiger partial charge in [-0.1, -0.05) is 59.8 Å². The highest BCUT2D eigenvalue weighted by molar-refractivity contribution is 8.26. The highest BCUT2D eigenvalue weighted by atomic mass is 35.5. The molecule has 1 heterocycles. The Balaban J connectivity index is 1.68. The highest BCUT2D eigenvalue weighted by Crippen LogP contribution is 2.33. The molecule has 1 amide bonds. The van der Waals surface area contributed by atoms with Crippen molar-refractivity contribution in [1.82, 2.24) is 4.90 Å². The Morgan fingerprint density at radius 1 is 1.25 bits per heavy atom. The van der Waals surface area contributed by atoms with Crippen molar-refractivity contribution in [2.24, 2.45) is 0 Å². The average molecular weight is 434 g/mol. The van der Waals surface area contributed by atoms with Gasteiger partial charge >= 0.3 is 5.97 Å². The molecule has 0 radical (unpaired) electrons. The number of carbonyl (C=O) groups is 2. The fourth-order valence-electron chi connectivity index (χ4n) is 2.49. The molecule has 1 aliphatic heterocycles. The van der Waals surface area contributed by atoms with Crippen LogP contribution in [0.25, 0.3) is 6.08 Å². The third-order valence-electron chi connectivity index (χ3n) is 3.90. The Labute approximate surface area is 176 Å². The van der Waals surface area contributed by atoms with Crippen LogP contribution in [0.4, 0.5) is 0 Å². The third kappa shape index (κ3) is 5.34. The number of thioether (sulfide) groups is 1. The number of ether oxygens (including phenoxy) is 1. The van der Waals surface area contributed by atoms with Crippen LogP contribution in [-0.2, 0) is 16.2 Å². The van der Waals surface area contributed by atoms with Crippen molar-refractivity contribution in [3.63, 3.8) is 0 Å². The number of aliphatic carboxylic acids is 1. The number of carbonyl (C=O) groups excluding carboxylic acids is 1. The van der Waals surface area contributed by atoms with Gasteiger partial charge in [0, 0.05) is 11.6 Å². The SMILES string of the molecule is O=C(O)CCN1C(=O)/C(=C/c2cccc(OCc3ccc(Cl)cc3)c2)SC1=S. The molecule has 0 spiro atoms.